The van der Waals surface area contributed by atoms with Crippen LogP contribution in [0.5, 0.6) is 0 Å². The molecule has 0 aromatic carbocycles. The highest BCUT2D eigenvalue weighted by molar-refractivity contribution is 4.84. The van der Waals surface area contributed by atoms with Gasteiger partial charge < -0.3 is 16.4 Å². The first-order valence-corrected chi connectivity index (χ1v) is 6.04. The highest BCUT2D eigenvalue weighted by Gasteiger charge is 2.28. The minimum Gasteiger partial charge on any atom is -0.329 e. The van der Waals surface area contributed by atoms with Gasteiger partial charge in [0.05, 0.1) is 0 Å². The Balaban J connectivity index is 1.83. The summed E-state index contributed by atoms with van der Waals surface area (Å²) in [6, 6.07) is 0.587. The molecule has 3 heteroatoms. The molecule has 82 valence electrons. The lowest BCUT2D eigenvalue weighted by molar-refractivity contribution is 0.186. The average Bonchev–Trinajstić information content (AvgIpc) is 2.30. The fraction of sp³-hybridized carbons (Fsp3) is 1.00. The zero-order chi connectivity index (χ0) is 9.80. The summed E-state index contributed by atoms with van der Waals surface area (Å²) in [4.78, 5) is 0. The van der Waals surface area contributed by atoms with Crippen molar-refractivity contribution in [3.05, 3.63) is 0 Å². The van der Waals surface area contributed by atoms with E-state index in [-0.39, 0.29) is 0 Å². The third-order valence-corrected chi connectivity index (χ3v) is 3.87. The van der Waals surface area contributed by atoms with E-state index in [1.165, 1.54) is 45.3 Å². The molecular weight excluding hydrogens is 174 g/mol. The summed E-state index contributed by atoms with van der Waals surface area (Å²) in [5.41, 5.74) is 5.72. The molecule has 0 saturated carbocycles. The van der Waals surface area contributed by atoms with Gasteiger partial charge in [-0.15, -0.1) is 0 Å². The molecular formula is C11H23N3. The van der Waals surface area contributed by atoms with Crippen LogP contribution < -0.4 is 16.4 Å². The summed E-state index contributed by atoms with van der Waals surface area (Å²) < 4.78 is 0. The normalized spacial score (nSPS) is 35.8. The molecule has 2 unspecified atom stereocenters. The van der Waals surface area contributed by atoms with Crippen LogP contribution >= 0.6 is 0 Å². The van der Waals surface area contributed by atoms with Gasteiger partial charge in [0.1, 0.15) is 0 Å². The van der Waals surface area contributed by atoms with Crippen LogP contribution in [0.3, 0.4) is 0 Å². The number of nitrogens with two attached hydrogens (primary N) is 1. The second-order valence-electron chi connectivity index (χ2n) is 4.76. The van der Waals surface area contributed by atoms with Crippen LogP contribution in [0.25, 0.3) is 0 Å². The fourth-order valence-electron chi connectivity index (χ4n) is 2.96. The predicted molar refractivity (Wildman–Crippen MR) is 59.2 cm³/mol. The fourth-order valence-corrected chi connectivity index (χ4v) is 2.96. The number of nitrogens with one attached hydrogen (secondary N) is 2. The van der Waals surface area contributed by atoms with E-state index in [1.807, 2.05) is 0 Å². The van der Waals surface area contributed by atoms with Crippen molar-refractivity contribution in [1.82, 2.24) is 10.6 Å². The minimum absolute atomic E-state index is 0.587. The Bertz CT molecular complexity index is 166. The Kier molecular flexibility index (Phi) is 3.79. The molecule has 2 rings (SSSR count). The lowest BCUT2D eigenvalue weighted by Gasteiger charge is -2.37. The summed E-state index contributed by atoms with van der Waals surface area (Å²) in [6.07, 6.45) is 5.42. The molecule has 2 saturated heterocycles. The van der Waals surface area contributed by atoms with E-state index in [0.717, 1.165) is 18.4 Å². The van der Waals surface area contributed by atoms with Crippen molar-refractivity contribution in [2.45, 2.75) is 31.7 Å². The highest BCUT2D eigenvalue weighted by Crippen LogP contribution is 2.30. The van der Waals surface area contributed by atoms with Crippen molar-refractivity contribution >= 4 is 0 Å². The molecule has 0 radical (unpaired) electrons. The maximum atomic E-state index is 5.72. The zero-order valence-corrected chi connectivity index (χ0v) is 8.97. The number of rotatable bonds is 2. The minimum atomic E-state index is 0.587. The summed E-state index contributed by atoms with van der Waals surface area (Å²) in [7, 11) is 0. The molecule has 0 aliphatic carbocycles. The van der Waals surface area contributed by atoms with Gasteiger partial charge in [-0.05, 0) is 57.2 Å². The Morgan fingerprint density at radius 1 is 1.00 bits per heavy atom. The predicted octanol–water partition coefficient (Wildman–Crippen LogP) is 0.313. The number of hydrogen-bond donors (Lipinski definition) is 3. The standard InChI is InChI=1S/C11H23N3/c12-8-11-7-10(3-6-14-11)9-1-4-13-5-2-9/h9-11,13-14H,1-8,12H2. The van der Waals surface area contributed by atoms with Gasteiger partial charge in [-0.3, -0.25) is 0 Å². The van der Waals surface area contributed by atoms with Crippen LogP contribution in [-0.2, 0) is 0 Å². The topological polar surface area (TPSA) is 50.1 Å². The van der Waals surface area contributed by atoms with E-state index >= 15 is 0 Å². The maximum Gasteiger partial charge on any atom is 0.0193 e. The molecule has 0 amide bonds. The molecule has 2 heterocycles. The first-order valence-electron chi connectivity index (χ1n) is 6.04. The van der Waals surface area contributed by atoms with E-state index in [4.69, 9.17) is 5.73 Å². The quantitative estimate of drug-likeness (QED) is 0.597. The highest BCUT2D eigenvalue weighted by atomic mass is 14.9. The molecule has 0 aromatic rings. The van der Waals surface area contributed by atoms with Crippen molar-refractivity contribution in [2.24, 2.45) is 17.6 Å². The Morgan fingerprint density at radius 3 is 2.43 bits per heavy atom. The van der Waals surface area contributed by atoms with Gasteiger partial charge in [0.25, 0.3) is 0 Å². The van der Waals surface area contributed by atoms with E-state index in [2.05, 4.69) is 10.6 Å². The molecule has 2 aliphatic heterocycles. The summed E-state index contributed by atoms with van der Waals surface area (Å²) >= 11 is 0. The lowest BCUT2D eigenvalue weighted by atomic mass is 9.77. The summed E-state index contributed by atoms with van der Waals surface area (Å²) in [6.45, 7) is 4.43. The molecule has 4 N–H and O–H groups in total. The van der Waals surface area contributed by atoms with Crippen LogP contribution in [-0.4, -0.2) is 32.2 Å². The zero-order valence-electron chi connectivity index (χ0n) is 8.97. The second kappa shape index (κ2) is 5.10. The Labute approximate surface area is 86.8 Å². The van der Waals surface area contributed by atoms with Crippen LogP contribution in [0.15, 0.2) is 0 Å². The molecule has 0 bridgehead atoms. The molecule has 0 spiro atoms. The number of hydrogen-bond acceptors (Lipinski definition) is 3. The first kappa shape index (κ1) is 10.4. The second-order valence-corrected chi connectivity index (χ2v) is 4.76. The van der Waals surface area contributed by atoms with E-state index in [9.17, 15) is 0 Å². The molecule has 2 atom stereocenters. The van der Waals surface area contributed by atoms with Gasteiger partial charge in [-0.25, -0.2) is 0 Å². The first-order chi connectivity index (χ1) is 6.90. The van der Waals surface area contributed by atoms with E-state index in [1.54, 1.807) is 0 Å². The van der Waals surface area contributed by atoms with Crippen LogP contribution in [0.4, 0.5) is 0 Å². The van der Waals surface area contributed by atoms with Gasteiger partial charge in [0, 0.05) is 12.6 Å². The molecule has 2 aliphatic rings. The lowest BCUT2D eigenvalue weighted by Crippen LogP contribution is -2.45. The molecule has 14 heavy (non-hydrogen) atoms. The van der Waals surface area contributed by atoms with Crippen molar-refractivity contribution < 1.29 is 0 Å². The molecule has 0 aromatic heterocycles. The Morgan fingerprint density at radius 2 is 1.71 bits per heavy atom. The van der Waals surface area contributed by atoms with Crippen LogP contribution in [0.2, 0.25) is 0 Å². The van der Waals surface area contributed by atoms with Crippen LogP contribution in [0.1, 0.15) is 25.7 Å². The average molecular weight is 197 g/mol. The largest absolute Gasteiger partial charge is 0.329 e. The van der Waals surface area contributed by atoms with Gasteiger partial charge in [0.15, 0.2) is 0 Å². The third-order valence-electron chi connectivity index (χ3n) is 3.87. The van der Waals surface area contributed by atoms with Crippen LogP contribution in [0, 0.1) is 11.8 Å². The summed E-state index contributed by atoms with van der Waals surface area (Å²) in [5, 5.41) is 6.94. The van der Waals surface area contributed by atoms with Gasteiger partial charge in [0.2, 0.25) is 0 Å². The van der Waals surface area contributed by atoms with Gasteiger partial charge in [-0.2, -0.15) is 0 Å². The maximum absolute atomic E-state index is 5.72. The smallest absolute Gasteiger partial charge is 0.0193 e. The van der Waals surface area contributed by atoms with E-state index in [0.29, 0.717) is 6.04 Å². The Hall–Kier alpha value is -0.120. The monoisotopic (exact) mass is 197 g/mol. The SMILES string of the molecule is NCC1CC(C2CCNCC2)CCN1. The van der Waals surface area contributed by atoms with Crippen molar-refractivity contribution in [1.29, 1.82) is 0 Å². The van der Waals surface area contributed by atoms with Gasteiger partial charge >= 0.3 is 0 Å². The number of piperidine rings is 2. The van der Waals surface area contributed by atoms with Crippen molar-refractivity contribution in [2.75, 3.05) is 26.2 Å². The third kappa shape index (κ3) is 2.47. The van der Waals surface area contributed by atoms with E-state index < -0.39 is 0 Å². The van der Waals surface area contributed by atoms with Crippen molar-refractivity contribution in [3.63, 3.8) is 0 Å². The molecule has 3 nitrogen and oxygen atoms in total. The van der Waals surface area contributed by atoms with Crippen molar-refractivity contribution in [3.8, 4) is 0 Å². The van der Waals surface area contributed by atoms with Gasteiger partial charge in [-0.1, -0.05) is 0 Å². The summed E-state index contributed by atoms with van der Waals surface area (Å²) in [5.74, 6) is 1.90. The molecule has 2 fully saturated rings.